The van der Waals surface area contributed by atoms with Crippen molar-refractivity contribution in [1.82, 2.24) is 0 Å². The first-order valence-corrected chi connectivity index (χ1v) is 15.4. The maximum absolute atomic E-state index is 13.0. The Hall–Kier alpha value is -0.933. The second-order valence-corrected chi connectivity index (χ2v) is 17.5. The third-order valence-corrected chi connectivity index (χ3v) is 12.7. The Balaban J connectivity index is 1.83. The van der Waals surface area contributed by atoms with Crippen LogP contribution < -0.4 is 0 Å². The normalized spacial score (nSPS) is 33.2. The fourth-order valence-electron chi connectivity index (χ4n) is 5.12. The standard InChI is InChI=1S/C28H46O4Si/c1-10-11-12-20(2)24(29)14-13-22-23-17-28(30-18-27(6,7)19-31-28)16-21(23)15-25(22)32-33(8,9)26(3,4)5/h13-14,20-23,25H,12,15-19H2,1-9H3/b14-13+/t20?,21-,22-,23+,25-/m1/s1/i12D2. The topological polar surface area (TPSA) is 44.8 Å². The monoisotopic (exact) mass is 476 g/mol. The molecule has 3 aliphatic rings. The summed E-state index contributed by atoms with van der Waals surface area (Å²) in [6, 6.07) is 0. The number of ketones is 1. The number of fused-ring (bicyclic) bond motifs is 1. The Kier molecular flexibility index (Phi) is 6.93. The zero-order valence-corrected chi connectivity index (χ0v) is 23.2. The first-order valence-electron chi connectivity index (χ1n) is 13.5. The molecule has 0 aromatic heterocycles. The van der Waals surface area contributed by atoms with Crippen molar-refractivity contribution < 1.29 is 21.4 Å². The molecule has 5 atom stereocenters. The van der Waals surface area contributed by atoms with Crippen molar-refractivity contribution in [3.05, 3.63) is 12.2 Å². The molecule has 1 aliphatic heterocycles. The third kappa shape index (κ3) is 6.01. The molecule has 0 bridgehead atoms. The van der Waals surface area contributed by atoms with Gasteiger partial charge in [0.25, 0.3) is 0 Å². The van der Waals surface area contributed by atoms with Gasteiger partial charge in [0, 0.05) is 39.2 Å². The predicted octanol–water partition coefficient (Wildman–Crippen LogP) is 6.37. The Morgan fingerprint density at radius 1 is 1.27 bits per heavy atom. The highest BCUT2D eigenvalue weighted by Crippen LogP contribution is 2.57. The van der Waals surface area contributed by atoms with Crippen LogP contribution in [0.1, 0.15) is 76.8 Å². The lowest BCUT2D eigenvalue weighted by atomic mass is 9.89. The van der Waals surface area contributed by atoms with Gasteiger partial charge >= 0.3 is 0 Å². The van der Waals surface area contributed by atoms with Crippen LogP contribution in [0.5, 0.6) is 0 Å². The molecule has 2 aliphatic carbocycles. The summed E-state index contributed by atoms with van der Waals surface area (Å²) < 4.78 is 35.9. The summed E-state index contributed by atoms with van der Waals surface area (Å²) in [4.78, 5) is 13.0. The SMILES string of the molecule is [2H]C([2H])(C#CC)C(C)C(=O)/C=C/[C@@H]1[C@H]2CC3(C[C@H]2C[C@H]1O[Si](C)(C)C(C)(C)C)OCC(C)(C)CO3. The van der Waals surface area contributed by atoms with E-state index in [0.717, 1.165) is 19.3 Å². The van der Waals surface area contributed by atoms with Crippen LogP contribution in [0.25, 0.3) is 0 Å². The molecule has 2 saturated carbocycles. The molecule has 0 aromatic carbocycles. The van der Waals surface area contributed by atoms with Crippen LogP contribution in [0.4, 0.5) is 0 Å². The average molecular weight is 477 g/mol. The minimum atomic E-state index is -2.00. The van der Waals surface area contributed by atoms with Gasteiger partial charge in [-0.25, -0.2) is 0 Å². The van der Waals surface area contributed by atoms with E-state index < -0.39 is 26.4 Å². The average Bonchev–Trinajstić information content (AvgIpc) is 3.21. The van der Waals surface area contributed by atoms with E-state index in [4.69, 9.17) is 16.6 Å². The van der Waals surface area contributed by atoms with Crippen molar-refractivity contribution in [1.29, 1.82) is 0 Å². The Morgan fingerprint density at radius 3 is 2.48 bits per heavy atom. The van der Waals surface area contributed by atoms with E-state index in [2.05, 4.69) is 59.6 Å². The van der Waals surface area contributed by atoms with Crippen molar-refractivity contribution in [2.75, 3.05) is 13.2 Å². The van der Waals surface area contributed by atoms with Gasteiger partial charge < -0.3 is 13.9 Å². The molecule has 1 unspecified atom stereocenters. The molecule has 0 N–H and O–H groups in total. The maximum atomic E-state index is 13.0. The molecule has 0 radical (unpaired) electrons. The molecule has 1 spiro atoms. The molecule has 1 saturated heterocycles. The zero-order valence-electron chi connectivity index (χ0n) is 24.2. The van der Waals surface area contributed by atoms with Gasteiger partial charge in [-0.1, -0.05) is 47.6 Å². The minimum absolute atomic E-state index is 0.0270. The van der Waals surface area contributed by atoms with Crippen LogP contribution in [0.15, 0.2) is 12.2 Å². The largest absolute Gasteiger partial charge is 0.413 e. The fourth-order valence-corrected chi connectivity index (χ4v) is 6.49. The summed E-state index contributed by atoms with van der Waals surface area (Å²) in [6.07, 6.45) is 4.42. The van der Waals surface area contributed by atoms with Crippen LogP contribution in [0.2, 0.25) is 18.1 Å². The summed E-state index contributed by atoms with van der Waals surface area (Å²) in [6.45, 7) is 20.3. The molecule has 0 aromatic rings. The summed E-state index contributed by atoms with van der Waals surface area (Å²) in [7, 11) is -2.00. The Morgan fingerprint density at radius 2 is 1.91 bits per heavy atom. The van der Waals surface area contributed by atoms with Crippen molar-refractivity contribution in [2.45, 2.75) is 104 Å². The van der Waals surface area contributed by atoms with Crippen LogP contribution in [0.3, 0.4) is 0 Å². The number of hydrogen-bond acceptors (Lipinski definition) is 4. The van der Waals surface area contributed by atoms with Gasteiger partial charge in [0.15, 0.2) is 19.9 Å². The minimum Gasteiger partial charge on any atom is -0.413 e. The number of hydrogen-bond donors (Lipinski definition) is 0. The lowest BCUT2D eigenvalue weighted by Gasteiger charge is -2.43. The van der Waals surface area contributed by atoms with E-state index in [-0.39, 0.29) is 28.3 Å². The van der Waals surface area contributed by atoms with E-state index in [0.29, 0.717) is 25.0 Å². The lowest BCUT2D eigenvalue weighted by molar-refractivity contribution is -0.298. The Bertz CT molecular complexity index is 883. The van der Waals surface area contributed by atoms with Gasteiger partial charge in [-0.2, -0.15) is 0 Å². The molecule has 1 heterocycles. The molecule has 3 rings (SSSR count). The highest BCUT2D eigenvalue weighted by Gasteiger charge is 2.58. The molecule has 33 heavy (non-hydrogen) atoms. The van der Waals surface area contributed by atoms with E-state index in [1.165, 1.54) is 0 Å². The molecular weight excluding hydrogens is 428 g/mol. The highest BCUT2D eigenvalue weighted by atomic mass is 28.4. The second kappa shape index (κ2) is 9.61. The van der Waals surface area contributed by atoms with Gasteiger partial charge in [-0.3, -0.25) is 4.79 Å². The molecule has 4 nitrogen and oxygen atoms in total. The predicted molar refractivity (Wildman–Crippen MR) is 136 cm³/mol. The van der Waals surface area contributed by atoms with Crippen molar-refractivity contribution in [3.63, 3.8) is 0 Å². The van der Waals surface area contributed by atoms with Gasteiger partial charge in [-0.05, 0) is 49.4 Å². The Labute approximate surface area is 206 Å². The van der Waals surface area contributed by atoms with Crippen LogP contribution in [0, 0.1) is 40.9 Å². The maximum Gasteiger partial charge on any atom is 0.192 e. The van der Waals surface area contributed by atoms with Crippen molar-refractivity contribution in [3.8, 4) is 11.8 Å². The first kappa shape index (κ1) is 23.8. The number of carbonyl (C=O) groups is 1. The third-order valence-electron chi connectivity index (χ3n) is 8.21. The van der Waals surface area contributed by atoms with E-state index in [9.17, 15) is 4.79 Å². The van der Waals surface area contributed by atoms with Gasteiger partial charge in [0.05, 0.1) is 19.3 Å². The molecule has 0 amide bonds. The van der Waals surface area contributed by atoms with Crippen LogP contribution >= 0.6 is 0 Å². The fraction of sp³-hybridized carbons (Fsp3) is 0.821. The van der Waals surface area contributed by atoms with E-state index >= 15 is 0 Å². The second-order valence-electron chi connectivity index (χ2n) is 12.7. The lowest BCUT2D eigenvalue weighted by Crippen LogP contribution is -2.47. The summed E-state index contributed by atoms with van der Waals surface area (Å²) in [5.74, 6) is 4.39. The van der Waals surface area contributed by atoms with Gasteiger partial charge in [0.2, 0.25) is 0 Å². The number of allylic oxidation sites excluding steroid dienone is 1. The first-order chi connectivity index (χ1) is 15.9. The van der Waals surface area contributed by atoms with Crippen LogP contribution in [-0.2, 0) is 18.7 Å². The number of rotatable bonds is 6. The summed E-state index contributed by atoms with van der Waals surface area (Å²) in [5, 5.41) is 0.0978. The van der Waals surface area contributed by atoms with Crippen LogP contribution in [-0.4, -0.2) is 39.2 Å². The quantitative estimate of drug-likeness (QED) is 0.254. The summed E-state index contributed by atoms with van der Waals surface area (Å²) in [5.41, 5.74) is 0.0270. The molecular formula is C28H46O4Si. The highest BCUT2D eigenvalue weighted by molar-refractivity contribution is 6.74. The molecule has 186 valence electrons. The van der Waals surface area contributed by atoms with Gasteiger partial charge in [-0.15, -0.1) is 11.8 Å². The van der Waals surface area contributed by atoms with E-state index in [1.807, 2.05) is 6.08 Å². The van der Waals surface area contributed by atoms with Crippen molar-refractivity contribution >= 4 is 14.1 Å². The smallest absolute Gasteiger partial charge is 0.192 e. The zero-order chi connectivity index (χ0) is 26.4. The molecule has 3 fully saturated rings. The van der Waals surface area contributed by atoms with Gasteiger partial charge in [0.1, 0.15) is 0 Å². The van der Waals surface area contributed by atoms with E-state index in [1.54, 1.807) is 19.9 Å². The summed E-state index contributed by atoms with van der Waals surface area (Å²) >= 11 is 0. The number of ether oxygens (including phenoxy) is 2. The number of carbonyl (C=O) groups excluding carboxylic acids is 1. The molecule has 5 heteroatoms. The van der Waals surface area contributed by atoms with Crippen molar-refractivity contribution in [2.24, 2.45) is 29.1 Å².